The predicted octanol–water partition coefficient (Wildman–Crippen LogP) is 5.83. The van der Waals surface area contributed by atoms with E-state index in [-0.39, 0.29) is 12.3 Å². The predicted molar refractivity (Wildman–Crippen MR) is 143 cm³/mol. The first-order valence-corrected chi connectivity index (χ1v) is 13.5. The molecule has 7 heteroatoms. The van der Waals surface area contributed by atoms with Crippen LogP contribution in [0.4, 0.5) is 0 Å². The summed E-state index contributed by atoms with van der Waals surface area (Å²) in [5.41, 5.74) is 1.57. The average molecular weight is 515 g/mol. The molecule has 0 N–H and O–H groups in total. The third-order valence-corrected chi connectivity index (χ3v) is 5.85. The molecular formula is C30H42O7. The normalized spacial score (nSPS) is 15.1. The van der Waals surface area contributed by atoms with Gasteiger partial charge in [0.25, 0.3) is 0 Å². The Bertz CT molecular complexity index is 891. The molecule has 0 aliphatic carbocycles. The Balaban J connectivity index is 1.83. The van der Waals surface area contributed by atoms with E-state index in [9.17, 15) is 9.59 Å². The first-order chi connectivity index (χ1) is 18.1. The van der Waals surface area contributed by atoms with Crippen LogP contribution in [0.2, 0.25) is 0 Å². The maximum atomic E-state index is 11.7. The van der Waals surface area contributed by atoms with Gasteiger partial charge in [-0.2, -0.15) is 0 Å². The van der Waals surface area contributed by atoms with Crippen molar-refractivity contribution in [3.8, 4) is 17.6 Å². The quantitative estimate of drug-likeness (QED) is 0.119. The van der Waals surface area contributed by atoms with Crippen molar-refractivity contribution in [2.24, 2.45) is 0 Å². The molecule has 0 bridgehead atoms. The van der Waals surface area contributed by atoms with Gasteiger partial charge in [0, 0.05) is 43.3 Å². The van der Waals surface area contributed by atoms with Crippen LogP contribution in [0.1, 0.15) is 88.7 Å². The summed E-state index contributed by atoms with van der Waals surface area (Å²) < 4.78 is 27.1. The van der Waals surface area contributed by atoms with Crippen LogP contribution in [0.25, 0.3) is 6.08 Å². The molecule has 1 aromatic rings. The third kappa shape index (κ3) is 13.3. The summed E-state index contributed by atoms with van der Waals surface area (Å²) in [6.45, 7) is 4.26. The SMILES string of the molecule is CCOC(=O)CCCCCCOc1cccc(C#CCCCCOC2CCCCO2)c1/C=C/C(=O)OC. The van der Waals surface area contributed by atoms with Crippen molar-refractivity contribution < 1.29 is 33.3 Å². The van der Waals surface area contributed by atoms with Crippen LogP contribution < -0.4 is 4.74 Å². The molecule has 37 heavy (non-hydrogen) atoms. The Morgan fingerprint density at radius 1 is 1.08 bits per heavy atom. The van der Waals surface area contributed by atoms with Crippen molar-refractivity contribution in [3.63, 3.8) is 0 Å². The van der Waals surface area contributed by atoms with Crippen LogP contribution in [0.3, 0.4) is 0 Å². The van der Waals surface area contributed by atoms with Crippen molar-refractivity contribution in [1.82, 2.24) is 0 Å². The molecule has 0 amide bonds. The number of carbonyl (C=O) groups is 2. The number of rotatable bonds is 16. The van der Waals surface area contributed by atoms with Crippen molar-refractivity contribution in [3.05, 3.63) is 35.4 Å². The van der Waals surface area contributed by atoms with Crippen molar-refractivity contribution in [2.75, 3.05) is 33.5 Å². The Labute approximate surface area is 221 Å². The second-order valence-corrected chi connectivity index (χ2v) is 8.82. The first kappa shape index (κ1) is 30.4. The first-order valence-electron chi connectivity index (χ1n) is 13.5. The molecule has 1 unspecified atom stereocenters. The van der Waals surface area contributed by atoms with Gasteiger partial charge >= 0.3 is 11.9 Å². The Morgan fingerprint density at radius 3 is 2.70 bits per heavy atom. The van der Waals surface area contributed by atoms with E-state index in [0.29, 0.717) is 32.0 Å². The number of unbranched alkanes of at least 4 members (excludes halogenated alkanes) is 5. The van der Waals surface area contributed by atoms with E-state index in [2.05, 4.69) is 11.8 Å². The molecule has 2 rings (SSSR count). The molecular weight excluding hydrogens is 472 g/mol. The number of hydrogen-bond acceptors (Lipinski definition) is 7. The molecule has 0 radical (unpaired) electrons. The fourth-order valence-corrected chi connectivity index (χ4v) is 3.84. The number of hydrogen-bond donors (Lipinski definition) is 0. The van der Waals surface area contributed by atoms with Gasteiger partial charge in [0.05, 0.1) is 20.3 Å². The topological polar surface area (TPSA) is 80.3 Å². The fourth-order valence-electron chi connectivity index (χ4n) is 3.84. The van der Waals surface area contributed by atoms with E-state index in [0.717, 1.165) is 75.5 Å². The number of esters is 2. The van der Waals surface area contributed by atoms with Crippen molar-refractivity contribution >= 4 is 18.0 Å². The van der Waals surface area contributed by atoms with E-state index in [4.69, 9.17) is 23.7 Å². The van der Waals surface area contributed by atoms with Gasteiger partial charge in [-0.15, -0.1) is 0 Å². The summed E-state index contributed by atoms with van der Waals surface area (Å²) in [6.07, 6.45) is 13.0. The molecule has 1 aromatic carbocycles. The monoisotopic (exact) mass is 514 g/mol. The minimum Gasteiger partial charge on any atom is -0.493 e. The number of benzene rings is 1. The lowest BCUT2D eigenvalue weighted by Crippen LogP contribution is -2.22. The standard InChI is InChI=1S/C30H42O7/c1-3-34-29(32)18-9-5-7-11-22-35-27-17-14-16-25(26(27)20-21-28(31)33-2)15-8-4-6-12-23-36-30-19-10-13-24-37-30/h14,16-17,20-21,30H,3-7,9-13,18-19,22-24H2,1-2H3/b21-20+. The largest absolute Gasteiger partial charge is 0.493 e. The van der Waals surface area contributed by atoms with Gasteiger partial charge in [0.15, 0.2) is 6.29 Å². The summed E-state index contributed by atoms with van der Waals surface area (Å²) in [5.74, 6) is 6.58. The van der Waals surface area contributed by atoms with Crippen LogP contribution in [-0.4, -0.2) is 51.8 Å². The molecule has 7 nitrogen and oxygen atoms in total. The maximum Gasteiger partial charge on any atom is 0.330 e. The lowest BCUT2D eigenvalue weighted by Gasteiger charge is -2.22. The van der Waals surface area contributed by atoms with E-state index >= 15 is 0 Å². The molecule has 1 atom stereocenters. The maximum absolute atomic E-state index is 11.7. The van der Waals surface area contributed by atoms with Crippen LogP contribution in [0.15, 0.2) is 24.3 Å². The zero-order valence-electron chi connectivity index (χ0n) is 22.4. The molecule has 1 heterocycles. The summed E-state index contributed by atoms with van der Waals surface area (Å²) in [6, 6.07) is 5.72. The van der Waals surface area contributed by atoms with E-state index in [1.54, 1.807) is 6.08 Å². The number of ether oxygens (including phenoxy) is 5. The van der Waals surface area contributed by atoms with Crippen molar-refractivity contribution in [2.45, 2.75) is 83.8 Å². The van der Waals surface area contributed by atoms with Gasteiger partial charge in [-0.3, -0.25) is 4.79 Å². The molecule has 1 fully saturated rings. The highest BCUT2D eigenvalue weighted by atomic mass is 16.7. The molecule has 0 aromatic heterocycles. The van der Waals surface area contributed by atoms with Crippen LogP contribution in [0.5, 0.6) is 5.75 Å². The van der Waals surface area contributed by atoms with Crippen LogP contribution in [0, 0.1) is 11.8 Å². The molecule has 0 spiro atoms. The zero-order valence-corrected chi connectivity index (χ0v) is 22.4. The Hall–Kier alpha value is -2.82. The Morgan fingerprint density at radius 2 is 1.92 bits per heavy atom. The summed E-state index contributed by atoms with van der Waals surface area (Å²) in [4.78, 5) is 23.1. The summed E-state index contributed by atoms with van der Waals surface area (Å²) in [5, 5.41) is 0. The smallest absolute Gasteiger partial charge is 0.330 e. The highest BCUT2D eigenvalue weighted by molar-refractivity contribution is 5.88. The van der Waals surface area contributed by atoms with Gasteiger partial charge < -0.3 is 23.7 Å². The van der Waals surface area contributed by atoms with Gasteiger partial charge in [-0.1, -0.05) is 30.7 Å². The summed E-state index contributed by atoms with van der Waals surface area (Å²) >= 11 is 0. The average Bonchev–Trinajstić information content (AvgIpc) is 2.91. The third-order valence-electron chi connectivity index (χ3n) is 5.85. The fraction of sp³-hybridized carbons (Fsp3) is 0.600. The molecule has 1 aliphatic heterocycles. The molecule has 1 saturated heterocycles. The van der Waals surface area contributed by atoms with Crippen molar-refractivity contribution in [1.29, 1.82) is 0 Å². The minimum absolute atomic E-state index is 0.0451. The molecule has 1 aliphatic rings. The number of carbonyl (C=O) groups excluding carboxylic acids is 2. The van der Waals surface area contributed by atoms with Gasteiger partial charge in [0.1, 0.15) is 5.75 Å². The van der Waals surface area contributed by atoms with Gasteiger partial charge in [-0.05, 0) is 70.1 Å². The molecule has 0 saturated carbocycles. The van der Waals surface area contributed by atoms with E-state index < -0.39 is 5.97 Å². The molecule has 204 valence electrons. The highest BCUT2D eigenvalue weighted by Crippen LogP contribution is 2.24. The highest BCUT2D eigenvalue weighted by Gasteiger charge is 2.13. The lowest BCUT2D eigenvalue weighted by molar-refractivity contribution is -0.162. The summed E-state index contributed by atoms with van der Waals surface area (Å²) in [7, 11) is 1.35. The van der Waals surface area contributed by atoms with E-state index in [1.165, 1.54) is 19.6 Å². The number of methoxy groups -OCH3 is 1. The van der Waals surface area contributed by atoms with Gasteiger partial charge in [-0.25, -0.2) is 4.79 Å². The lowest BCUT2D eigenvalue weighted by atomic mass is 10.1. The van der Waals surface area contributed by atoms with Crippen LogP contribution >= 0.6 is 0 Å². The van der Waals surface area contributed by atoms with Crippen LogP contribution in [-0.2, 0) is 28.5 Å². The zero-order chi connectivity index (χ0) is 26.6. The Kier molecular flexibility index (Phi) is 15.9. The van der Waals surface area contributed by atoms with E-state index in [1.807, 2.05) is 25.1 Å². The minimum atomic E-state index is -0.433. The van der Waals surface area contributed by atoms with Gasteiger partial charge in [0.2, 0.25) is 0 Å². The second kappa shape index (κ2) is 19.3. The second-order valence-electron chi connectivity index (χ2n) is 8.82.